The van der Waals surface area contributed by atoms with E-state index in [9.17, 15) is 4.79 Å². The molecule has 7 heteroatoms. The number of carbonyl (C=O) groups excluding carboxylic acids is 1. The average molecular weight is 360 g/mol. The number of nitrogens with one attached hydrogen (secondary N) is 2. The number of amides is 1. The molecule has 0 saturated carbocycles. The van der Waals surface area contributed by atoms with Crippen LogP contribution in [0.5, 0.6) is 0 Å². The zero-order valence-electron chi connectivity index (χ0n) is 13.9. The minimum absolute atomic E-state index is 0.219. The Hall–Kier alpha value is -3.34. The molecule has 2 aromatic carbocycles. The molecular formula is C19H14N5OS+. The number of quaternary nitrogens is 1. The van der Waals surface area contributed by atoms with Crippen LogP contribution in [0.2, 0.25) is 0 Å². The van der Waals surface area contributed by atoms with Gasteiger partial charge in [-0.1, -0.05) is 63.9 Å². The Morgan fingerprint density at radius 2 is 1.88 bits per heavy atom. The van der Waals surface area contributed by atoms with E-state index in [-0.39, 0.29) is 5.91 Å². The Bertz CT molecular complexity index is 1070. The first-order chi connectivity index (χ1) is 12.7. The smallest absolute Gasteiger partial charge is 0.296 e. The second kappa shape index (κ2) is 6.52. The molecular weight excluding hydrogens is 346 g/mol. The number of hydrogen-bond donors (Lipinski definition) is 2. The molecule has 0 radical (unpaired) electrons. The van der Waals surface area contributed by atoms with Crippen LogP contribution in [0.1, 0.15) is 12.5 Å². The van der Waals surface area contributed by atoms with E-state index in [2.05, 4.69) is 15.4 Å². The van der Waals surface area contributed by atoms with E-state index >= 15 is 0 Å². The van der Waals surface area contributed by atoms with Crippen molar-refractivity contribution in [3.8, 4) is 6.19 Å². The first-order valence-electron chi connectivity index (χ1n) is 7.97. The van der Waals surface area contributed by atoms with E-state index in [1.54, 1.807) is 6.92 Å². The maximum absolute atomic E-state index is 13.1. The fourth-order valence-electron chi connectivity index (χ4n) is 2.86. The number of rotatable bonds is 3. The minimum Gasteiger partial charge on any atom is -0.296 e. The van der Waals surface area contributed by atoms with Gasteiger partial charge in [0.25, 0.3) is 0 Å². The molecule has 0 saturated heterocycles. The molecule has 1 aliphatic rings. The molecule has 4 rings (SSSR count). The summed E-state index contributed by atoms with van der Waals surface area (Å²) in [5, 5.41) is 17.0. The highest BCUT2D eigenvalue weighted by Crippen LogP contribution is 2.25. The Morgan fingerprint density at radius 3 is 2.62 bits per heavy atom. The predicted octanol–water partition coefficient (Wildman–Crippen LogP) is 2.10. The van der Waals surface area contributed by atoms with E-state index < -0.39 is 0 Å². The van der Waals surface area contributed by atoms with Gasteiger partial charge in [0, 0.05) is 11.3 Å². The Labute approximate surface area is 153 Å². The molecule has 6 nitrogen and oxygen atoms in total. The maximum Gasteiger partial charge on any atom is 0.381 e. The summed E-state index contributed by atoms with van der Waals surface area (Å²) in [6.07, 6.45) is 1.88. The summed E-state index contributed by atoms with van der Waals surface area (Å²) in [6.45, 7) is 1.70. The normalized spacial score (nSPS) is 18.5. The Balaban J connectivity index is 1.86. The average Bonchev–Trinajstić information content (AvgIpc) is 3.23. The lowest BCUT2D eigenvalue weighted by atomic mass is 10.0. The number of nitrogens with zero attached hydrogens (tertiary/aromatic N) is 3. The number of fused-ring (bicyclic) bond motifs is 1. The zero-order chi connectivity index (χ0) is 18.1. The third kappa shape index (κ3) is 2.67. The maximum atomic E-state index is 13.1. The molecule has 1 amide bonds. The van der Waals surface area contributed by atoms with Crippen LogP contribution in [0.15, 0.2) is 71.0 Å². The number of aromatic nitrogens is 1. The standard InChI is InChI=1S/C19H13N5OS/c1-12(21-11-20)16-17(13-7-3-2-4-8-13)23-24(18(16)25)19-22-14-9-5-6-10-15(14)26-19/h2-10,21H,1H3/p+1/b16-12+. The summed E-state index contributed by atoms with van der Waals surface area (Å²) in [5.74, 6) is -0.219. The monoisotopic (exact) mass is 360 g/mol. The molecule has 126 valence electrons. The first-order valence-corrected chi connectivity index (χ1v) is 8.78. The predicted molar refractivity (Wildman–Crippen MR) is 99.7 cm³/mol. The highest BCUT2D eigenvalue weighted by molar-refractivity contribution is 7.21. The van der Waals surface area contributed by atoms with E-state index in [4.69, 9.17) is 5.26 Å². The van der Waals surface area contributed by atoms with Gasteiger partial charge >= 0.3 is 11.0 Å². The molecule has 1 unspecified atom stereocenters. The summed E-state index contributed by atoms with van der Waals surface area (Å²) in [7, 11) is 0. The van der Waals surface area contributed by atoms with Crippen LogP contribution < -0.4 is 10.3 Å². The third-order valence-electron chi connectivity index (χ3n) is 4.06. The molecule has 2 N–H and O–H groups in total. The molecule has 1 aromatic heterocycles. The topological polar surface area (TPSA) is 82.6 Å². The van der Waals surface area contributed by atoms with Crippen molar-refractivity contribution in [1.82, 2.24) is 10.3 Å². The van der Waals surface area contributed by atoms with Crippen molar-refractivity contribution in [1.29, 1.82) is 5.26 Å². The van der Waals surface area contributed by atoms with Gasteiger partial charge in [0.15, 0.2) is 6.19 Å². The van der Waals surface area contributed by atoms with Gasteiger partial charge in [-0.2, -0.15) is 10.2 Å². The van der Waals surface area contributed by atoms with Crippen molar-refractivity contribution >= 4 is 38.3 Å². The van der Waals surface area contributed by atoms with Gasteiger partial charge in [-0.3, -0.25) is 5.32 Å². The minimum atomic E-state index is -0.219. The number of para-hydroxylation sites is 1. The number of benzene rings is 2. The summed E-state index contributed by atoms with van der Waals surface area (Å²) < 4.78 is 1.00. The van der Waals surface area contributed by atoms with Crippen molar-refractivity contribution < 1.29 is 9.80 Å². The highest BCUT2D eigenvalue weighted by atomic mass is 32.1. The Kier molecular flexibility index (Phi) is 4.05. The second-order valence-electron chi connectivity index (χ2n) is 5.73. The fourth-order valence-corrected chi connectivity index (χ4v) is 3.81. The van der Waals surface area contributed by atoms with Gasteiger partial charge in [-0.25, -0.2) is 4.79 Å². The lowest BCUT2D eigenvalue weighted by molar-refractivity contribution is -0.749. The van der Waals surface area contributed by atoms with E-state index in [0.29, 0.717) is 27.1 Å². The molecule has 0 fully saturated rings. The lowest BCUT2D eigenvalue weighted by Gasteiger charge is -2.03. The van der Waals surface area contributed by atoms with Gasteiger partial charge < -0.3 is 0 Å². The molecule has 0 aliphatic carbocycles. The highest BCUT2D eigenvalue weighted by Gasteiger charge is 2.41. The first kappa shape index (κ1) is 16.1. The van der Waals surface area contributed by atoms with E-state index in [0.717, 1.165) is 15.8 Å². The zero-order valence-corrected chi connectivity index (χ0v) is 14.7. The molecule has 1 aliphatic heterocycles. The number of allylic oxidation sites excluding steroid dienone is 1. The van der Waals surface area contributed by atoms with Crippen LogP contribution >= 0.6 is 11.3 Å². The van der Waals surface area contributed by atoms with Crippen molar-refractivity contribution in [3.05, 3.63) is 71.4 Å². The fraction of sp³-hybridized carbons (Fsp3) is 0.0526. The summed E-state index contributed by atoms with van der Waals surface area (Å²) >= 11 is 1.44. The second-order valence-corrected chi connectivity index (χ2v) is 6.76. The molecule has 2 heterocycles. The van der Waals surface area contributed by atoms with Crippen LogP contribution in [0.3, 0.4) is 0 Å². The van der Waals surface area contributed by atoms with Gasteiger partial charge in [0.1, 0.15) is 11.3 Å². The van der Waals surface area contributed by atoms with Crippen molar-refractivity contribution in [3.63, 3.8) is 0 Å². The largest absolute Gasteiger partial charge is 0.381 e. The third-order valence-corrected chi connectivity index (χ3v) is 5.11. The summed E-state index contributed by atoms with van der Waals surface area (Å²) in [4.78, 5) is 17.6. The van der Waals surface area contributed by atoms with Crippen molar-refractivity contribution in [2.45, 2.75) is 6.92 Å². The number of hydrogen-bond acceptors (Lipinski definition) is 6. The Morgan fingerprint density at radius 1 is 1.15 bits per heavy atom. The van der Waals surface area contributed by atoms with Crippen molar-refractivity contribution in [2.75, 3.05) is 0 Å². The van der Waals surface area contributed by atoms with E-state index in [1.165, 1.54) is 11.3 Å². The number of thiazole rings is 1. The lowest BCUT2D eigenvalue weighted by Crippen LogP contribution is -3.04. The van der Waals surface area contributed by atoms with Crippen LogP contribution in [0.4, 0.5) is 5.13 Å². The number of carbonyl (C=O) groups is 1. The van der Waals surface area contributed by atoms with Gasteiger partial charge in [-0.15, -0.1) is 0 Å². The molecule has 0 bridgehead atoms. The molecule has 3 aromatic rings. The van der Waals surface area contributed by atoms with Crippen LogP contribution in [0.25, 0.3) is 10.2 Å². The van der Waals surface area contributed by atoms with Crippen LogP contribution in [-0.2, 0) is 4.79 Å². The van der Waals surface area contributed by atoms with E-state index in [1.807, 2.05) is 60.8 Å². The molecule has 0 spiro atoms. The summed E-state index contributed by atoms with van der Waals surface area (Å²) in [5.41, 5.74) is 3.12. The van der Waals surface area contributed by atoms with Crippen molar-refractivity contribution in [2.24, 2.45) is 5.10 Å². The SMILES string of the molecule is C/C(NC#N)=C1\C(=O)[NH+](c2nc3ccccc3s2)N=C1c1ccccc1. The van der Waals surface area contributed by atoms with Gasteiger partial charge in [-0.05, 0) is 19.1 Å². The summed E-state index contributed by atoms with van der Waals surface area (Å²) in [6, 6.07) is 17.2. The van der Waals surface area contributed by atoms with Gasteiger partial charge in [0.2, 0.25) is 0 Å². The van der Waals surface area contributed by atoms with Crippen LogP contribution in [0, 0.1) is 11.5 Å². The van der Waals surface area contributed by atoms with Gasteiger partial charge in [0.05, 0.1) is 10.2 Å². The molecule has 1 atom stereocenters. The molecule has 26 heavy (non-hydrogen) atoms. The number of nitriles is 1. The quantitative estimate of drug-likeness (QED) is 0.426. The van der Waals surface area contributed by atoms with Crippen LogP contribution in [-0.4, -0.2) is 16.6 Å².